The molecule has 2 atom stereocenters. The third-order valence-electron chi connectivity index (χ3n) is 5.48. The van der Waals surface area contributed by atoms with Crippen molar-refractivity contribution in [1.29, 1.82) is 0 Å². The van der Waals surface area contributed by atoms with Crippen molar-refractivity contribution < 1.29 is 27.6 Å². The average Bonchev–Trinajstić information content (AvgIpc) is 3.51. The Morgan fingerprint density at radius 2 is 1.90 bits per heavy atom. The first-order chi connectivity index (χ1) is 14.6. The first kappa shape index (κ1) is 21.0. The van der Waals surface area contributed by atoms with Crippen molar-refractivity contribution in [3.63, 3.8) is 0 Å². The normalized spacial score (nSPS) is 20.3. The number of amides is 1. The van der Waals surface area contributed by atoms with Crippen LogP contribution in [0, 0.1) is 6.92 Å². The fourth-order valence-corrected chi connectivity index (χ4v) is 3.58. The van der Waals surface area contributed by atoms with Gasteiger partial charge in [-0.1, -0.05) is 35.5 Å². The average molecular weight is 433 g/mol. The zero-order valence-electron chi connectivity index (χ0n) is 16.3. The number of fused-ring (bicyclic) bond motifs is 1. The molecule has 1 fully saturated rings. The lowest BCUT2D eigenvalue weighted by Gasteiger charge is -2.32. The molecule has 0 radical (unpaired) electrons. The van der Waals surface area contributed by atoms with E-state index in [1.807, 2.05) is 0 Å². The third-order valence-corrected chi connectivity index (χ3v) is 5.48. The minimum atomic E-state index is -5.22. The summed E-state index contributed by atoms with van der Waals surface area (Å²) in [5, 5.41) is 19.6. The number of benzene rings is 2. The van der Waals surface area contributed by atoms with E-state index in [9.17, 15) is 27.9 Å². The minimum absolute atomic E-state index is 0.0202. The lowest BCUT2D eigenvalue weighted by Crippen LogP contribution is -2.57. The van der Waals surface area contributed by atoms with Crippen LogP contribution in [-0.2, 0) is 10.3 Å². The minimum Gasteiger partial charge on any atom is -0.373 e. The van der Waals surface area contributed by atoms with E-state index in [1.54, 1.807) is 37.3 Å². The van der Waals surface area contributed by atoms with Crippen LogP contribution in [0.3, 0.4) is 0 Å². The van der Waals surface area contributed by atoms with Crippen molar-refractivity contribution in [3.8, 4) is 0 Å². The summed E-state index contributed by atoms with van der Waals surface area (Å²) in [6.07, 6.45) is -6.12. The van der Waals surface area contributed by atoms with Crippen LogP contribution in [0.25, 0.3) is 10.8 Å². The van der Waals surface area contributed by atoms with E-state index >= 15 is 0 Å². The van der Waals surface area contributed by atoms with Crippen molar-refractivity contribution in [3.05, 3.63) is 70.2 Å². The summed E-state index contributed by atoms with van der Waals surface area (Å²) < 4.78 is 46.3. The van der Waals surface area contributed by atoms with Crippen LogP contribution in [0.1, 0.15) is 17.7 Å². The number of nitrogens with zero attached hydrogens (tertiary/aromatic N) is 1. The molecule has 3 N–H and O–H groups in total. The maximum absolute atomic E-state index is 13.9. The number of hydrogen-bond acceptors (Lipinski definition) is 6. The molecule has 1 aliphatic heterocycles. The van der Waals surface area contributed by atoms with Crippen LogP contribution in [0.2, 0.25) is 0 Å². The second-order valence-electron chi connectivity index (χ2n) is 7.61. The third kappa shape index (κ3) is 3.68. The van der Waals surface area contributed by atoms with Crippen molar-refractivity contribution >= 4 is 22.4 Å². The Labute approximate surface area is 173 Å². The summed E-state index contributed by atoms with van der Waals surface area (Å²) in [4.78, 5) is 24.4. The Morgan fingerprint density at radius 1 is 1.23 bits per heavy atom. The first-order valence-electron chi connectivity index (χ1n) is 9.37. The van der Waals surface area contributed by atoms with Crippen molar-refractivity contribution in [2.45, 2.75) is 30.7 Å². The second kappa shape index (κ2) is 7.17. The van der Waals surface area contributed by atoms with Gasteiger partial charge in [-0.3, -0.25) is 4.79 Å². The molecule has 7 nitrogen and oxygen atoms in total. The highest BCUT2D eigenvalue weighted by Gasteiger charge is 2.65. The van der Waals surface area contributed by atoms with Gasteiger partial charge < -0.3 is 20.3 Å². The number of alkyl halides is 3. The van der Waals surface area contributed by atoms with Gasteiger partial charge in [-0.15, -0.1) is 0 Å². The predicted octanol–water partition coefficient (Wildman–Crippen LogP) is 2.62. The van der Waals surface area contributed by atoms with E-state index in [4.69, 9.17) is 0 Å². The smallest absolute Gasteiger partial charge is 0.373 e. The lowest BCUT2D eigenvalue weighted by atomic mass is 9.84. The molecule has 2 heterocycles. The fourth-order valence-electron chi connectivity index (χ4n) is 3.58. The van der Waals surface area contributed by atoms with Crippen LogP contribution >= 0.6 is 0 Å². The van der Waals surface area contributed by atoms with E-state index in [0.717, 1.165) is 0 Å². The molecule has 0 saturated carbocycles. The maximum Gasteiger partial charge on any atom is 0.426 e. The van der Waals surface area contributed by atoms with Gasteiger partial charge in [0.15, 0.2) is 0 Å². The standard InChI is InChI=1S/C21H18F3N3O4/c1-12-16-9-14(7-8-15(16)17(28)31-27-12)26-18(29)20(30,21(22,23)24)10-19(11-25-19)13-5-3-2-4-6-13/h2-9,25,30H,10-11H2,1H3,(H,26,29). The highest BCUT2D eigenvalue weighted by Crippen LogP contribution is 2.45. The van der Waals surface area contributed by atoms with Gasteiger partial charge in [0.25, 0.3) is 5.91 Å². The largest absolute Gasteiger partial charge is 0.426 e. The maximum atomic E-state index is 13.9. The SMILES string of the molecule is Cc1noc(=O)c2ccc(NC(=O)C(O)(CC3(c4ccccc4)CN3)C(F)(F)F)cc12. The molecule has 162 valence electrons. The van der Waals surface area contributed by atoms with Gasteiger partial charge in [0.2, 0.25) is 5.60 Å². The molecule has 1 aromatic heterocycles. The van der Waals surface area contributed by atoms with Crippen LogP contribution in [0.4, 0.5) is 18.9 Å². The number of anilines is 1. The van der Waals surface area contributed by atoms with Gasteiger partial charge in [-0.25, -0.2) is 4.79 Å². The molecule has 4 rings (SSSR count). The monoisotopic (exact) mass is 433 g/mol. The van der Waals surface area contributed by atoms with E-state index in [1.165, 1.54) is 18.2 Å². The summed E-state index contributed by atoms with van der Waals surface area (Å²) >= 11 is 0. The number of aromatic nitrogens is 1. The van der Waals surface area contributed by atoms with Gasteiger partial charge in [0, 0.05) is 24.0 Å². The number of aliphatic hydroxyl groups is 1. The molecule has 1 saturated heterocycles. The van der Waals surface area contributed by atoms with Crippen LogP contribution < -0.4 is 16.3 Å². The number of carbonyl (C=O) groups excluding carboxylic acids is 1. The summed E-state index contributed by atoms with van der Waals surface area (Å²) in [6, 6.07) is 12.2. The van der Waals surface area contributed by atoms with Gasteiger partial charge >= 0.3 is 11.8 Å². The molecule has 10 heteroatoms. The Hall–Kier alpha value is -3.24. The Morgan fingerprint density at radius 3 is 2.52 bits per heavy atom. The number of hydrogen-bond donors (Lipinski definition) is 3. The molecule has 0 spiro atoms. The molecule has 2 aromatic carbocycles. The molecule has 1 amide bonds. The topological polar surface area (TPSA) is 114 Å². The summed E-state index contributed by atoms with van der Waals surface area (Å²) in [6.45, 7) is 1.74. The van der Waals surface area contributed by atoms with E-state index in [0.29, 0.717) is 16.6 Å². The number of carbonyl (C=O) groups is 1. The van der Waals surface area contributed by atoms with E-state index < -0.39 is 35.3 Å². The molecule has 0 aliphatic carbocycles. The summed E-state index contributed by atoms with van der Waals surface area (Å²) in [7, 11) is 0. The van der Waals surface area contributed by atoms with Crippen molar-refractivity contribution in [2.75, 3.05) is 11.9 Å². The summed E-state index contributed by atoms with van der Waals surface area (Å²) in [5.41, 5.74) is -4.68. The highest BCUT2D eigenvalue weighted by atomic mass is 19.4. The number of halogens is 3. The molecule has 0 bridgehead atoms. The molecule has 31 heavy (non-hydrogen) atoms. The zero-order chi connectivity index (χ0) is 22.4. The molecule has 1 aliphatic rings. The fraction of sp³-hybridized carbons (Fsp3) is 0.286. The second-order valence-corrected chi connectivity index (χ2v) is 7.61. The first-order valence-corrected chi connectivity index (χ1v) is 9.37. The van der Waals surface area contributed by atoms with Crippen molar-refractivity contribution in [1.82, 2.24) is 10.5 Å². The lowest BCUT2D eigenvalue weighted by molar-refractivity contribution is -0.253. The Kier molecular flexibility index (Phi) is 4.86. The quantitative estimate of drug-likeness (QED) is 0.533. The zero-order valence-corrected chi connectivity index (χ0v) is 16.3. The van der Waals surface area contributed by atoms with Gasteiger partial charge in [-0.05, 0) is 30.7 Å². The van der Waals surface area contributed by atoms with E-state index in [2.05, 4.69) is 20.3 Å². The van der Waals surface area contributed by atoms with Crippen LogP contribution in [0.15, 0.2) is 57.8 Å². The molecular weight excluding hydrogens is 415 g/mol. The van der Waals surface area contributed by atoms with Gasteiger partial charge in [0.05, 0.1) is 16.6 Å². The number of rotatable bonds is 5. The van der Waals surface area contributed by atoms with Crippen molar-refractivity contribution in [2.24, 2.45) is 0 Å². The van der Waals surface area contributed by atoms with Gasteiger partial charge in [-0.2, -0.15) is 13.2 Å². The summed E-state index contributed by atoms with van der Waals surface area (Å²) in [5.74, 6) is -1.61. The molecule has 2 unspecified atom stereocenters. The molecule has 3 aromatic rings. The Bertz CT molecular complexity index is 1210. The Balaban J connectivity index is 1.66. The molecular formula is C21H18F3N3O4. The predicted molar refractivity (Wildman–Crippen MR) is 105 cm³/mol. The number of aryl methyl sites for hydroxylation is 1. The van der Waals surface area contributed by atoms with Crippen LogP contribution in [-0.4, -0.2) is 34.5 Å². The number of nitrogens with one attached hydrogen (secondary N) is 2. The van der Waals surface area contributed by atoms with Gasteiger partial charge in [0.1, 0.15) is 0 Å². The van der Waals surface area contributed by atoms with E-state index in [-0.39, 0.29) is 17.6 Å². The van der Waals surface area contributed by atoms with Crippen LogP contribution in [0.5, 0.6) is 0 Å². The highest BCUT2D eigenvalue weighted by molar-refractivity contribution is 6.00.